The first-order chi connectivity index (χ1) is 12.1. The number of carbonyl (C=O) groups excluding carboxylic acids is 3. The molecule has 0 N–H and O–H groups in total. The van der Waals surface area contributed by atoms with Crippen molar-refractivity contribution in [1.82, 2.24) is 10.0 Å². The highest BCUT2D eigenvalue weighted by molar-refractivity contribution is 6.21. The smallest absolute Gasteiger partial charge is 0.434 e. The second-order valence-electron chi connectivity index (χ2n) is 5.37. The third-order valence-electron chi connectivity index (χ3n) is 3.89. The van der Waals surface area contributed by atoms with Crippen molar-refractivity contribution in [2.45, 2.75) is 0 Å². The molecule has 0 radical (unpaired) electrons. The van der Waals surface area contributed by atoms with Crippen LogP contribution in [0.25, 0.3) is 0 Å². The van der Waals surface area contributed by atoms with Crippen molar-refractivity contribution in [3.05, 3.63) is 53.6 Å². The first kappa shape index (κ1) is 15.0. The van der Waals surface area contributed by atoms with Crippen LogP contribution in [-0.4, -0.2) is 41.8 Å². The number of hydrogen-bond donors (Lipinski definition) is 0. The van der Waals surface area contributed by atoms with E-state index in [-0.39, 0.29) is 23.7 Å². The molecule has 0 saturated heterocycles. The second-order valence-corrected chi connectivity index (χ2v) is 5.37. The minimum atomic E-state index is -0.881. The van der Waals surface area contributed by atoms with Crippen LogP contribution in [0.2, 0.25) is 0 Å². The molecular formula is C17H12N2O6. The summed E-state index contributed by atoms with van der Waals surface area (Å²) < 4.78 is 15.6. The monoisotopic (exact) mass is 340 g/mol. The van der Waals surface area contributed by atoms with E-state index in [1.54, 1.807) is 18.2 Å². The first-order valence-corrected chi connectivity index (χ1v) is 7.39. The molecule has 0 saturated carbocycles. The lowest BCUT2D eigenvalue weighted by atomic mass is 10.1. The molecule has 2 heterocycles. The number of rotatable bonds is 2. The zero-order chi connectivity index (χ0) is 17.6. The molecule has 2 aromatic rings. The van der Waals surface area contributed by atoms with Crippen LogP contribution < -0.4 is 14.2 Å². The molecule has 0 unspecified atom stereocenters. The van der Waals surface area contributed by atoms with Gasteiger partial charge in [0.2, 0.25) is 6.79 Å². The lowest BCUT2D eigenvalue weighted by Crippen LogP contribution is -2.48. The molecular weight excluding hydrogens is 328 g/mol. The van der Waals surface area contributed by atoms with Crippen molar-refractivity contribution >= 4 is 17.9 Å². The summed E-state index contributed by atoms with van der Waals surface area (Å²) in [7, 11) is 1.29. The number of hydrogen-bond acceptors (Lipinski definition) is 6. The fraction of sp³-hybridized carbons (Fsp3) is 0.118. The topological polar surface area (TPSA) is 85.4 Å². The predicted molar refractivity (Wildman–Crippen MR) is 83.3 cm³/mol. The highest BCUT2D eigenvalue weighted by Gasteiger charge is 2.40. The number of ether oxygens (including phenoxy) is 3. The highest BCUT2D eigenvalue weighted by atomic mass is 16.7. The van der Waals surface area contributed by atoms with Gasteiger partial charge in [-0.2, -0.15) is 5.01 Å². The first-order valence-electron chi connectivity index (χ1n) is 7.39. The van der Waals surface area contributed by atoms with Gasteiger partial charge in [0, 0.05) is 13.1 Å². The molecule has 0 fully saturated rings. The lowest BCUT2D eigenvalue weighted by Gasteiger charge is -2.24. The van der Waals surface area contributed by atoms with Gasteiger partial charge >= 0.3 is 6.09 Å². The Bertz CT molecular complexity index is 875. The number of imide groups is 1. The van der Waals surface area contributed by atoms with Gasteiger partial charge in [-0.05, 0) is 24.3 Å². The average Bonchev–Trinajstić information content (AvgIpc) is 3.18. The van der Waals surface area contributed by atoms with E-state index in [9.17, 15) is 14.4 Å². The van der Waals surface area contributed by atoms with Crippen LogP contribution in [-0.2, 0) is 0 Å². The van der Waals surface area contributed by atoms with Crippen LogP contribution >= 0.6 is 0 Å². The number of benzene rings is 2. The van der Waals surface area contributed by atoms with E-state index < -0.39 is 17.9 Å². The third kappa shape index (κ3) is 2.35. The van der Waals surface area contributed by atoms with Gasteiger partial charge in [-0.1, -0.05) is 12.1 Å². The van der Waals surface area contributed by atoms with Crippen molar-refractivity contribution in [3.8, 4) is 17.2 Å². The quantitative estimate of drug-likeness (QED) is 0.778. The summed E-state index contributed by atoms with van der Waals surface area (Å²) in [4.78, 5) is 37.1. The van der Waals surface area contributed by atoms with Crippen LogP contribution in [0.3, 0.4) is 0 Å². The minimum absolute atomic E-state index is 0.0989. The van der Waals surface area contributed by atoms with Gasteiger partial charge in [0.1, 0.15) is 5.75 Å². The van der Waals surface area contributed by atoms with Crippen LogP contribution in [0.4, 0.5) is 4.79 Å². The van der Waals surface area contributed by atoms with Gasteiger partial charge in [-0.3, -0.25) is 9.59 Å². The number of nitrogens with zero attached hydrogens (tertiary/aromatic N) is 2. The Labute approximate surface area is 142 Å². The largest absolute Gasteiger partial charge is 0.454 e. The maximum atomic E-state index is 12.4. The average molecular weight is 340 g/mol. The van der Waals surface area contributed by atoms with Crippen LogP contribution in [0.5, 0.6) is 17.2 Å². The maximum absolute atomic E-state index is 12.4. The molecule has 8 heteroatoms. The molecule has 126 valence electrons. The fourth-order valence-electron chi connectivity index (χ4n) is 2.64. The summed E-state index contributed by atoms with van der Waals surface area (Å²) in [5, 5.41) is 1.59. The molecule has 0 bridgehead atoms. The van der Waals surface area contributed by atoms with Gasteiger partial charge in [0.15, 0.2) is 11.5 Å². The Balaban J connectivity index is 1.53. The molecule has 0 aliphatic carbocycles. The molecule has 0 atom stereocenters. The summed E-state index contributed by atoms with van der Waals surface area (Å²) in [6.45, 7) is 0.0989. The number of amides is 3. The molecule has 0 aromatic heterocycles. The minimum Gasteiger partial charge on any atom is -0.454 e. The summed E-state index contributed by atoms with van der Waals surface area (Å²) in [6, 6.07) is 11.0. The van der Waals surface area contributed by atoms with E-state index >= 15 is 0 Å². The highest BCUT2D eigenvalue weighted by Crippen LogP contribution is 2.35. The Hall–Kier alpha value is -3.55. The van der Waals surface area contributed by atoms with Crippen molar-refractivity contribution in [3.63, 3.8) is 0 Å². The third-order valence-corrected chi connectivity index (χ3v) is 3.89. The Morgan fingerprint density at radius 2 is 1.68 bits per heavy atom. The predicted octanol–water partition coefficient (Wildman–Crippen LogP) is 2.06. The van der Waals surface area contributed by atoms with Crippen molar-refractivity contribution in [2.75, 3.05) is 13.8 Å². The summed E-state index contributed by atoms with van der Waals surface area (Å²) >= 11 is 0. The second kappa shape index (κ2) is 5.52. The Morgan fingerprint density at radius 1 is 1.04 bits per heavy atom. The van der Waals surface area contributed by atoms with E-state index in [0.717, 1.165) is 10.0 Å². The van der Waals surface area contributed by atoms with Crippen molar-refractivity contribution in [2.24, 2.45) is 0 Å². The standard InChI is InChI=1S/C17H12N2O6/c1-18(19-15(20)11-4-2-3-5-12(11)16(19)21)17(22)25-10-6-7-13-14(8-10)24-9-23-13/h2-8H,9H2,1H3. The normalized spacial score (nSPS) is 14.5. The van der Waals surface area contributed by atoms with E-state index in [1.165, 1.54) is 31.3 Å². The molecule has 8 nitrogen and oxygen atoms in total. The van der Waals surface area contributed by atoms with Crippen LogP contribution in [0.1, 0.15) is 20.7 Å². The van der Waals surface area contributed by atoms with Gasteiger partial charge in [-0.15, -0.1) is 0 Å². The van der Waals surface area contributed by atoms with Crippen LogP contribution in [0, 0.1) is 0 Å². The fourth-order valence-corrected chi connectivity index (χ4v) is 2.64. The van der Waals surface area contributed by atoms with E-state index in [4.69, 9.17) is 14.2 Å². The molecule has 25 heavy (non-hydrogen) atoms. The summed E-state index contributed by atoms with van der Waals surface area (Å²) in [5.74, 6) is 0.0522. The van der Waals surface area contributed by atoms with Crippen LogP contribution in [0.15, 0.2) is 42.5 Å². The number of fused-ring (bicyclic) bond motifs is 2. The number of hydrazine groups is 1. The van der Waals surface area contributed by atoms with E-state index in [2.05, 4.69) is 0 Å². The summed E-state index contributed by atoms with van der Waals surface area (Å²) in [6.07, 6.45) is -0.881. The van der Waals surface area contributed by atoms with Gasteiger partial charge in [0.05, 0.1) is 11.1 Å². The maximum Gasteiger partial charge on any atom is 0.434 e. The Kier molecular flexibility index (Phi) is 3.31. The lowest BCUT2D eigenvalue weighted by molar-refractivity contribution is 0.0184. The van der Waals surface area contributed by atoms with E-state index in [0.29, 0.717) is 11.5 Å². The molecule has 4 rings (SSSR count). The Morgan fingerprint density at radius 3 is 2.36 bits per heavy atom. The van der Waals surface area contributed by atoms with Gasteiger partial charge in [-0.25, -0.2) is 9.80 Å². The summed E-state index contributed by atoms with van der Waals surface area (Å²) in [5.41, 5.74) is 0.491. The zero-order valence-corrected chi connectivity index (χ0v) is 13.1. The molecule has 2 aliphatic heterocycles. The molecule has 0 spiro atoms. The SMILES string of the molecule is CN(C(=O)Oc1ccc2c(c1)OCO2)N1C(=O)c2ccccc2C1=O. The van der Waals surface area contributed by atoms with Gasteiger partial charge < -0.3 is 14.2 Å². The van der Waals surface area contributed by atoms with Crippen molar-refractivity contribution < 1.29 is 28.6 Å². The number of carbonyl (C=O) groups is 3. The van der Waals surface area contributed by atoms with E-state index in [1.807, 2.05) is 0 Å². The van der Waals surface area contributed by atoms with Crippen molar-refractivity contribution in [1.29, 1.82) is 0 Å². The van der Waals surface area contributed by atoms with Gasteiger partial charge in [0.25, 0.3) is 11.8 Å². The molecule has 2 aromatic carbocycles. The molecule has 2 aliphatic rings. The molecule has 3 amide bonds. The zero-order valence-electron chi connectivity index (χ0n) is 13.1.